The van der Waals surface area contributed by atoms with E-state index in [1.165, 1.54) is 12.1 Å². The first-order valence-corrected chi connectivity index (χ1v) is 12.2. The van der Waals surface area contributed by atoms with Crippen molar-refractivity contribution in [3.8, 4) is 11.5 Å². The molecule has 1 aromatic carbocycles. The molecule has 0 saturated heterocycles. The molecule has 15 heteroatoms. The molecule has 2 bridgehead atoms. The Morgan fingerprint density at radius 3 is 2.23 bits per heavy atom. The van der Waals surface area contributed by atoms with E-state index in [1.54, 1.807) is 0 Å². The van der Waals surface area contributed by atoms with Crippen molar-refractivity contribution in [1.82, 2.24) is 20.4 Å². The van der Waals surface area contributed by atoms with Crippen LogP contribution in [-0.2, 0) is 20.9 Å². The summed E-state index contributed by atoms with van der Waals surface area (Å²) in [5.74, 6) is -2.19. The number of carbonyl (C=O) groups excluding carboxylic acids is 3. The average Bonchev–Trinajstić information content (AvgIpc) is 2.85. The number of amides is 2. The molecule has 0 spiro atoms. The van der Waals surface area contributed by atoms with Gasteiger partial charge in [0.05, 0.1) is 16.8 Å². The summed E-state index contributed by atoms with van der Waals surface area (Å²) in [5, 5.41) is 8.81. The molecule has 1 aromatic heterocycles. The van der Waals surface area contributed by atoms with E-state index in [9.17, 15) is 36.7 Å². The molecule has 39 heavy (non-hydrogen) atoms. The molecule has 3 fully saturated rings. The highest BCUT2D eigenvalue weighted by atomic mass is 35.5. The fourth-order valence-corrected chi connectivity index (χ4v) is 4.85. The molecule has 2 amide bonds. The van der Waals surface area contributed by atoms with E-state index in [0.29, 0.717) is 12.8 Å². The summed E-state index contributed by atoms with van der Waals surface area (Å²) in [6, 6.07) is 4.55. The molecular formula is C24H23ClF4N4O6. The van der Waals surface area contributed by atoms with E-state index in [0.717, 1.165) is 18.3 Å². The van der Waals surface area contributed by atoms with E-state index in [2.05, 4.69) is 15.7 Å². The third-order valence-electron chi connectivity index (χ3n) is 6.68. The molecule has 1 heterocycles. The fraction of sp³-hybridized carbons (Fsp3) is 0.458. The minimum absolute atomic E-state index is 0.0171. The van der Waals surface area contributed by atoms with Crippen LogP contribution in [0.4, 0.5) is 17.6 Å². The SMILES string of the molecule is O=C(COc1ccc(Cl)c(F)c1)NC12CCC(NC(=O)COc3cnn(CC(F)(F)F)c(=O)c3)(CC1)C(=O)C2. The molecule has 0 unspecified atom stereocenters. The monoisotopic (exact) mass is 574 g/mol. The van der Waals surface area contributed by atoms with Crippen LogP contribution in [0, 0.1) is 5.82 Å². The third-order valence-corrected chi connectivity index (χ3v) is 6.99. The highest BCUT2D eigenvalue weighted by molar-refractivity contribution is 6.30. The van der Waals surface area contributed by atoms with Gasteiger partial charge >= 0.3 is 6.18 Å². The van der Waals surface area contributed by atoms with Crippen molar-refractivity contribution in [3.63, 3.8) is 0 Å². The lowest BCUT2D eigenvalue weighted by molar-refractivity contribution is -0.144. The van der Waals surface area contributed by atoms with E-state index < -0.39 is 60.2 Å². The predicted molar refractivity (Wildman–Crippen MR) is 127 cm³/mol. The van der Waals surface area contributed by atoms with Gasteiger partial charge in [0, 0.05) is 24.1 Å². The molecule has 0 aliphatic heterocycles. The summed E-state index contributed by atoms with van der Waals surface area (Å²) in [7, 11) is 0. The molecule has 0 radical (unpaired) electrons. The predicted octanol–water partition coefficient (Wildman–Crippen LogP) is 2.31. The Bertz CT molecular complexity index is 1340. The number of fused-ring (bicyclic) bond motifs is 3. The quantitative estimate of drug-likeness (QED) is 0.440. The Morgan fingerprint density at radius 1 is 1.00 bits per heavy atom. The first-order valence-electron chi connectivity index (χ1n) is 11.8. The standard InChI is InChI=1S/C24H23ClF4N4O6/c25-16-2-1-14(7-17(16)26)38-11-19(35)31-22-3-5-23(6-4-22,18(34)9-22)32-20(36)12-39-15-8-21(37)33(30-10-15)13-24(27,28)29/h1-2,7-8,10H,3-6,9,11-13H2,(H,31,35)(H,32,36). The second kappa shape index (κ2) is 10.8. The highest BCUT2D eigenvalue weighted by Gasteiger charge is 2.55. The van der Waals surface area contributed by atoms with Crippen LogP contribution >= 0.6 is 11.6 Å². The van der Waals surface area contributed by atoms with Crippen molar-refractivity contribution >= 4 is 29.2 Å². The van der Waals surface area contributed by atoms with Gasteiger partial charge in [0.2, 0.25) is 0 Å². The van der Waals surface area contributed by atoms with Crippen LogP contribution in [0.5, 0.6) is 11.5 Å². The lowest BCUT2D eigenvalue weighted by Gasteiger charge is -2.52. The normalized spacial score (nSPS) is 22.3. The van der Waals surface area contributed by atoms with Gasteiger partial charge in [0.25, 0.3) is 17.4 Å². The molecule has 210 valence electrons. The van der Waals surface area contributed by atoms with Crippen LogP contribution < -0.4 is 25.7 Å². The van der Waals surface area contributed by atoms with Crippen molar-refractivity contribution < 1.29 is 41.4 Å². The summed E-state index contributed by atoms with van der Waals surface area (Å²) in [5.41, 5.74) is -2.99. The first kappa shape index (κ1) is 28.3. The summed E-state index contributed by atoms with van der Waals surface area (Å²) in [4.78, 5) is 49.8. The molecule has 10 nitrogen and oxygen atoms in total. The van der Waals surface area contributed by atoms with Gasteiger partial charge < -0.3 is 20.1 Å². The first-order chi connectivity index (χ1) is 18.3. The van der Waals surface area contributed by atoms with E-state index in [-0.39, 0.29) is 46.2 Å². The van der Waals surface area contributed by atoms with Crippen molar-refractivity contribution in [1.29, 1.82) is 0 Å². The number of rotatable bonds is 9. The Labute approximate surface area is 223 Å². The number of ketones is 1. The maximum absolute atomic E-state index is 13.5. The van der Waals surface area contributed by atoms with Crippen LogP contribution in [0.15, 0.2) is 35.3 Å². The summed E-state index contributed by atoms with van der Waals surface area (Å²) < 4.78 is 61.6. The number of aromatic nitrogens is 2. The van der Waals surface area contributed by atoms with Gasteiger partial charge in [-0.2, -0.15) is 18.3 Å². The highest BCUT2D eigenvalue weighted by Crippen LogP contribution is 2.44. The van der Waals surface area contributed by atoms with E-state index in [4.69, 9.17) is 21.1 Å². The lowest BCUT2D eigenvalue weighted by atomic mass is 9.60. The number of benzene rings is 1. The number of hydrogen-bond acceptors (Lipinski definition) is 7. The topological polar surface area (TPSA) is 129 Å². The third kappa shape index (κ3) is 6.85. The molecule has 5 rings (SSSR count). The van der Waals surface area contributed by atoms with Crippen molar-refractivity contribution in [3.05, 3.63) is 51.7 Å². The number of alkyl halides is 3. The van der Waals surface area contributed by atoms with Gasteiger partial charge in [-0.1, -0.05) is 11.6 Å². The van der Waals surface area contributed by atoms with Crippen LogP contribution in [0.2, 0.25) is 5.02 Å². The Hall–Kier alpha value is -3.68. The number of nitrogens with one attached hydrogen (secondary N) is 2. The molecule has 3 aliphatic rings. The molecule has 0 atom stereocenters. The van der Waals surface area contributed by atoms with Crippen LogP contribution in [0.3, 0.4) is 0 Å². The zero-order valence-corrected chi connectivity index (χ0v) is 21.0. The number of hydrogen-bond donors (Lipinski definition) is 2. The van der Waals surface area contributed by atoms with Crippen LogP contribution in [-0.4, -0.2) is 57.8 Å². The van der Waals surface area contributed by atoms with Gasteiger partial charge in [-0.3, -0.25) is 19.2 Å². The van der Waals surface area contributed by atoms with Gasteiger partial charge in [0.15, 0.2) is 19.0 Å². The smallest absolute Gasteiger partial charge is 0.408 e. The van der Waals surface area contributed by atoms with Gasteiger partial charge in [-0.25, -0.2) is 9.07 Å². The largest absolute Gasteiger partial charge is 0.484 e. The number of halogens is 5. The summed E-state index contributed by atoms with van der Waals surface area (Å²) in [6.45, 7) is -2.55. The lowest BCUT2D eigenvalue weighted by Crippen LogP contribution is -2.69. The molecule has 2 N–H and O–H groups in total. The number of carbonyl (C=O) groups is 3. The van der Waals surface area contributed by atoms with Crippen molar-refractivity contribution in [2.75, 3.05) is 13.2 Å². The Morgan fingerprint density at radius 2 is 1.64 bits per heavy atom. The van der Waals surface area contributed by atoms with Crippen LogP contribution in [0.1, 0.15) is 32.1 Å². The fourth-order valence-electron chi connectivity index (χ4n) is 4.74. The number of nitrogens with zero attached hydrogens (tertiary/aromatic N) is 2. The van der Waals surface area contributed by atoms with Gasteiger partial charge in [-0.05, 0) is 37.8 Å². The minimum Gasteiger partial charge on any atom is -0.484 e. The zero-order chi connectivity index (χ0) is 28.4. The van der Waals surface area contributed by atoms with Gasteiger partial charge in [0.1, 0.15) is 23.9 Å². The van der Waals surface area contributed by atoms with Crippen molar-refractivity contribution in [2.24, 2.45) is 0 Å². The average molecular weight is 575 g/mol. The van der Waals surface area contributed by atoms with E-state index in [1.807, 2.05) is 0 Å². The van der Waals surface area contributed by atoms with Crippen LogP contribution in [0.25, 0.3) is 0 Å². The molecule has 2 aromatic rings. The molecule has 3 saturated carbocycles. The second-order valence-corrected chi connectivity index (χ2v) is 9.92. The summed E-state index contributed by atoms with van der Waals surface area (Å²) >= 11 is 5.62. The Kier molecular flexibility index (Phi) is 7.87. The maximum atomic E-state index is 13.5. The van der Waals surface area contributed by atoms with Gasteiger partial charge in [-0.15, -0.1) is 0 Å². The minimum atomic E-state index is -4.63. The van der Waals surface area contributed by atoms with E-state index >= 15 is 0 Å². The number of Topliss-reactive ketones (excluding diaryl/α,β-unsaturated/α-hetero) is 1. The Balaban J connectivity index is 1.27. The number of ether oxygens (including phenoxy) is 2. The molecular weight excluding hydrogens is 552 g/mol. The maximum Gasteiger partial charge on any atom is 0.408 e. The second-order valence-electron chi connectivity index (χ2n) is 9.51. The van der Waals surface area contributed by atoms with Crippen molar-refractivity contribution in [2.45, 2.75) is 55.9 Å². The zero-order valence-electron chi connectivity index (χ0n) is 20.3. The molecule has 3 aliphatic carbocycles. The summed E-state index contributed by atoms with van der Waals surface area (Å²) in [6.07, 6.45) is -2.43.